The highest BCUT2D eigenvalue weighted by Crippen LogP contribution is 2.49. The van der Waals surface area contributed by atoms with Crippen LogP contribution in [0.5, 0.6) is 17.2 Å². The Morgan fingerprint density at radius 3 is 2.38 bits per heavy atom. The zero-order valence-electron chi connectivity index (χ0n) is 18.0. The zero-order valence-corrected chi connectivity index (χ0v) is 18.0. The average molecular weight is 474 g/mol. The summed E-state index contributed by atoms with van der Waals surface area (Å²) in [5.41, 5.74) is -0.529. The van der Waals surface area contributed by atoms with E-state index in [0.717, 1.165) is 0 Å². The quantitative estimate of drug-likeness (QED) is 0.197. The number of phenolic OH excluding ortho intramolecular Hbond substituents is 2. The summed E-state index contributed by atoms with van der Waals surface area (Å²) >= 11 is 0. The number of aliphatic carboxylic acids is 1. The van der Waals surface area contributed by atoms with Gasteiger partial charge in [0, 0.05) is 29.5 Å². The fraction of sp³-hybridized carbons (Fsp3) is 0.304. The molecule has 0 bridgehead atoms. The molecule has 4 rings (SSSR count). The molecule has 11 nitrogen and oxygen atoms in total. The lowest BCUT2D eigenvalue weighted by Gasteiger charge is -2.30. The van der Waals surface area contributed by atoms with Gasteiger partial charge in [0.05, 0.1) is 36.0 Å². The van der Waals surface area contributed by atoms with Crippen LogP contribution >= 0.6 is 0 Å². The first kappa shape index (κ1) is 24.8. The van der Waals surface area contributed by atoms with Crippen molar-refractivity contribution in [2.75, 3.05) is 20.3 Å². The van der Waals surface area contributed by atoms with Gasteiger partial charge in [-0.15, -0.1) is 0 Å². The molecule has 11 heteroatoms. The minimum absolute atomic E-state index is 0.00693. The number of phenols is 2. The van der Waals surface area contributed by atoms with E-state index in [1.807, 2.05) is 0 Å². The molecule has 2 aliphatic carbocycles. The van der Waals surface area contributed by atoms with Gasteiger partial charge >= 0.3 is 5.97 Å². The van der Waals surface area contributed by atoms with Gasteiger partial charge in [-0.25, -0.2) is 4.79 Å². The molecular formula is C23H22O11. The lowest BCUT2D eigenvalue weighted by Crippen LogP contribution is -2.27. The Hall–Kier alpha value is -3.80. The number of hydrogen-bond donors (Lipinski definition) is 5. The number of carboxylic acid groups (broad SMARTS) is 1. The molecule has 34 heavy (non-hydrogen) atoms. The number of benzene rings is 2. The number of aliphatic hydroxyl groups is 2. The molecular weight excluding hydrogens is 452 g/mol. The van der Waals surface area contributed by atoms with Crippen molar-refractivity contribution in [3.8, 4) is 17.2 Å². The summed E-state index contributed by atoms with van der Waals surface area (Å²) in [4.78, 5) is 45.1. The molecule has 2 unspecified atom stereocenters. The topological polar surface area (TPSA) is 188 Å². The summed E-state index contributed by atoms with van der Waals surface area (Å²) < 4.78 is 9.44. The first-order chi connectivity index (χ1) is 16.1. The van der Waals surface area contributed by atoms with Gasteiger partial charge in [-0.1, -0.05) is 12.1 Å². The summed E-state index contributed by atoms with van der Waals surface area (Å²) in [6.07, 6.45) is -1.76. The van der Waals surface area contributed by atoms with Gasteiger partial charge in [0.15, 0.2) is 5.78 Å². The summed E-state index contributed by atoms with van der Waals surface area (Å²) in [5.74, 6) is -3.20. The molecule has 0 aliphatic heterocycles. The predicted octanol–water partition coefficient (Wildman–Crippen LogP) is 0.509. The number of carbonyl (C=O) groups excluding carboxylic acids is 3. The fourth-order valence-electron chi connectivity index (χ4n) is 4.07. The van der Waals surface area contributed by atoms with E-state index in [-0.39, 0.29) is 58.6 Å². The molecule has 0 radical (unpaired) electrons. The maximum absolute atomic E-state index is 13.0. The molecule has 0 aromatic heterocycles. The SMILES string of the molecule is COc1cccc2c1C(=O)c1c(O)c3c(c(O)c1C2=O)CC(O)CC3O.O=CCOCC(=O)O. The number of aromatic hydroxyl groups is 2. The van der Waals surface area contributed by atoms with Crippen LogP contribution in [0, 0.1) is 0 Å². The number of fused-ring (bicyclic) bond motifs is 3. The van der Waals surface area contributed by atoms with Gasteiger partial charge in [0.1, 0.15) is 36.7 Å². The number of carboxylic acids is 1. The molecule has 0 heterocycles. The van der Waals surface area contributed by atoms with E-state index in [1.165, 1.54) is 19.2 Å². The summed E-state index contributed by atoms with van der Waals surface area (Å²) in [6, 6.07) is 4.52. The summed E-state index contributed by atoms with van der Waals surface area (Å²) in [6.45, 7) is -0.551. The Bertz CT molecular complexity index is 1170. The second-order valence-electron chi connectivity index (χ2n) is 7.57. The van der Waals surface area contributed by atoms with Crippen molar-refractivity contribution >= 4 is 23.8 Å². The average Bonchev–Trinajstić information content (AvgIpc) is 2.79. The number of hydrogen-bond acceptors (Lipinski definition) is 10. The summed E-state index contributed by atoms with van der Waals surface area (Å²) in [7, 11) is 1.36. The largest absolute Gasteiger partial charge is 0.507 e. The van der Waals surface area contributed by atoms with Gasteiger partial charge < -0.3 is 39.8 Å². The minimum Gasteiger partial charge on any atom is -0.507 e. The van der Waals surface area contributed by atoms with Gasteiger partial charge in [0.2, 0.25) is 5.78 Å². The first-order valence-electron chi connectivity index (χ1n) is 10.1. The van der Waals surface area contributed by atoms with E-state index >= 15 is 0 Å². The number of aliphatic hydroxyl groups excluding tert-OH is 2. The highest BCUT2D eigenvalue weighted by molar-refractivity contribution is 6.31. The number of ketones is 2. The Morgan fingerprint density at radius 1 is 1.09 bits per heavy atom. The van der Waals surface area contributed by atoms with Crippen LogP contribution in [0.25, 0.3) is 0 Å². The van der Waals surface area contributed by atoms with Crippen LogP contribution in [0.4, 0.5) is 0 Å². The molecule has 5 N–H and O–H groups in total. The molecule has 2 atom stereocenters. The van der Waals surface area contributed by atoms with Crippen LogP contribution in [0.1, 0.15) is 55.5 Å². The molecule has 0 saturated heterocycles. The van der Waals surface area contributed by atoms with E-state index in [9.17, 15) is 39.6 Å². The molecule has 0 spiro atoms. The fourth-order valence-corrected chi connectivity index (χ4v) is 4.07. The van der Waals surface area contributed by atoms with E-state index in [2.05, 4.69) is 4.74 Å². The third kappa shape index (κ3) is 4.36. The van der Waals surface area contributed by atoms with Gasteiger partial charge in [-0.05, 0) is 6.07 Å². The van der Waals surface area contributed by atoms with E-state index in [1.54, 1.807) is 6.07 Å². The predicted molar refractivity (Wildman–Crippen MR) is 113 cm³/mol. The van der Waals surface area contributed by atoms with E-state index < -0.39 is 47.8 Å². The first-order valence-corrected chi connectivity index (χ1v) is 10.1. The lowest BCUT2D eigenvalue weighted by atomic mass is 9.76. The highest BCUT2D eigenvalue weighted by Gasteiger charge is 2.41. The second kappa shape index (κ2) is 10.00. The monoisotopic (exact) mass is 474 g/mol. The lowest BCUT2D eigenvalue weighted by molar-refractivity contribution is -0.142. The van der Waals surface area contributed by atoms with Crippen molar-refractivity contribution < 1.29 is 54.2 Å². The van der Waals surface area contributed by atoms with E-state index in [0.29, 0.717) is 6.29 Å². The van der Waals surface area contributed by atoms with Crippen molar-refractivity contribution in [1.29, 1.82) is 0 Å². The van der Waals surface area contributed by atoms with Crippen molar-refractivity contribution in [2.45, 2.75) is 25.0 Å². The van der Waals surface area contributed by atoms with Gasteiger partial charge in [0.25, 0.3) is 0 Å². The molecule has 180 valence electrons. The highest BCUT2D eigenvalue weighted by atomic mass is 16.5. The number of methoxy groups -OCH3 is 1. The second-order valence-corrected chi connectivity index (χ2v) is 7.57. The van der Waals surface area contributed by atoms with Gasteiger partial charge in [-0.2, -0.15) is 0 Å². The molecule has 2 aromatic carbocycles. The number of rotatable bonds is 5. The zero-order chi connectivity index (χ0) is 25.2. The van der Waals surface area contributed by atoms with Crippen molar-refractivity contribution in [3.63, 3.8) is 0 Å². The Morgan fingerprint density at radius 2 is 1.76 bits per heavy atom. The van der Waals surface area contributed by atoms with Crippen LogP contribution < -0.4 is 4.74 Å². The standard InChI is InChI=1S/C19H16O7.C4H6O4/c1-26-11-4-2-3-8-13(11)19(25)15-14(16(8)22)17(23)9-5-7(20)6-10(21)12(9)18(15)24;5-1-2-8-3-4(6)7/h2-4,7,10,20-21,23-24H,5-6H2,1H3;1H,2-3H2,(H,6,7). The molecule has 0 saturated carbocycles. The van der Waals surface area contributed by atoms with E-state index in [4.69, 9.17) is 9.84 Å². The van der Waals surface area contributed by atoms with Crippen LogP contribution in [0.2, 0.25) is 0 Å². The maximum atomic E-state index is 13.0. The van der Waals surface area contributed by atoms with Crippen LogP contribution in [-0.4, -0.2) is 75.8 Å². The summed E-state index contributed by atoms with van der Waals surface area (Å²) in [5, 5.41) is 49.3. The Kier molecular flexibility index (Phi) is 7.30. The molecule has 2 aromatic rings. The van der Waals surface area contributed by atoms with Crippen LogP contribution in [0.3, 0.4) is 0 Å². The third-order valence-electron chi connectivity index (χ3n) is 5.44. The van der Waals surface area contributed by atoms with Crippen LogP contribution in [-0.2, 0) is 20.7 Å². The van der Waals surface area contributed by atoms with Crippen LogP contribution in [0.15, 0.2) is 18.2 Å². The van der Waals surface area contributed by atoms with Crippen molar-refractivity contribution in [1.82, 2.24) is 0 Å². The van der Waals surface area contributed by atoms with Crippen molar-refractivity contribution in [3.05, 3.63) is 51.6 Å². The molecule has 0 amide bonds. The number of carbonyl (C=O) groups is 4. The normalized spacial score (nSPS) is 18.1. The Balaban J connectivity index is 0.000000350. The smallest absolute Gasteiger partial charge is 0.329 e. The minimum atomic E-state index is -1.26. The number of ether oxygens (including phenoxy) is 2. The number of aldehydes is 1. The third-order valence-corrected chi connectivity index (χ3v) is 5.44. The van der Waals surface area contributed by atoms with Crippen molar-refractivity contribution in [2.24, 2.45) is 0 Å². The van der Waals surface area contributed by atoms with Gasteiger partial charge in [-0.3, -0.25) is 9.59 Å². The maximum Gasteiger partial charge on any atom is 0.329 e. The molecule has 2 aliphatic rings. The Labute approximate surface area is 192 Å². The molecule has 0 fully saturated rings.